The van der Waals surface area contributed by atoms with Gasteiger partial charge in [-0.3, -0.25) is 24.6 Å². The zero-order valence-corrected chi connectivity index (χ0v) is 19.0. The van der Waals surface area contributed by atoms with Crippen molar-refractivity contribution in [1.82, 2.24) is 10.2 Å². The number of urea groups is 1. The highest BCUT2D eigenvalue weighted by Crippen LogP contribution is 2.31. The molecular formula is C25H22N4O6. The Balaban J connectivity index is 1.47. The molecular weight excluding hydrogens is 452 g/mol. The van der Waals surface area contributed by atoms with E-state index in [2.05, 4.69) is 10.6 Å². The minimum atomic E-state index is -1.46. The van der Waals surface area contributed by atoms with E-state index in [1.807, 2.05) is 19.1 Å². The van der Waals surface area contributed by atoms with Crippen LogP contribution in [0, 0.1) is 17.0 Å². The average molecular weight is 474 g/mol. The van der Waals surface area contributed by atoms with Crippen LogP contribution >= 0.6 is 0 Å². The van der Waals surface area contributed by atoms with Crippen LogP contribution in [0.3, 0.4) is 0 Å². The summed E-state index contributed by atoms with van der Waals surface area (Å²) in [7, 11) is 0. The molecule has 0 bridgehead atoms. The zero-order valence-electron chi connectivity index (χ0n) is 19.0. The van der Waals surface area contributed by atoms with Crippen LogP contribution in [0.5, 0.6) is 11.5 Å². The van der Waals surface area contributed by atoms with E-state index in [0.29, 0.717) is 22.7 Å². The Hall–Kier alpha value is -4.73. The van der Waals surface area contributed by atoms with Gasteiger partial charge in [0.2, 0.25) is 5.91 Å². The van der Waals surface area contributed by atoms with Crippen molar-refractivity contribution in [2.45, 2.75) is 19.4 Å². The number of amides is 4. The molecule has 0 radical (unpaired) electrons. The monoisotopic (exact) mass is 474 g/mol. The van der Waals surface area contributed by atoms with Crippen LogP contribution < -0.4 is 15.4 Å². The van der Waals surface area contributed by atoms with Gasteiger partial charge in [0.15, 0.2) is 5.75 Å². The summed E-state index contributed by atoms with van der Waals surface area (Å²) in [5.41, 5.74) is 0.216. The molecule has 4 rings (SSSR count). The zero-order chi connectivity index (χ0) is 25.2. The van der Waals surface area contributed by atoms with Crippen molar-refractivity contribution in [3.05, 3.63) is 94.0 Å². The smallest absolute Gasteiger partial charge is 0.325 e. The number of carbonyl (C=O) groups is 3. The van der Waals surface area contributed by atoms with Crippen molar-refractivity contribution in [3.63, 3.8) is 0 Å². The van der Waals surface area contributed by atoms with Crippen LogP contribution in [-0.4, -0.2) is 34.2 Å². The van der Waals surface area contributed by atoms with Crippen molar-refractivity contribution in [3.8, 4) is 11.5 Å². The van der Waals surface area contributed by atoms with Crippen molar-refractivity contribution in [1.29, 1.82) is 0 Å². The maximum Gasteiger partial charge on any atom is 0.325 e. The molecule has 0 spiro atoms. The predicted molar refractivity (Wildman–Crippen MR) is 127 cm³/mol. The number of anilines is 1. The van der Waals surface area contributed by atoms with Gasteiger partial charge in [-0.15, -0.1) is 0 Å². The molecule has 1 atom stereocenters. The Morgan fingerprint density at radius 3 is 2.37 bits per heavy atom. The first kappa shape index (κ1) is 23.4. The number of imide groups is 1. The van der Waals surface area contributed by atoms with E-state index < -0.39 is 34.9 Å². The Morgan fingerprint density at radius 1 is 1.06 bits per heavy atom. The number of hydrogen-bond acceptors (Lipinski definition) is 6. The molecule has 0 saturated carbocycles. The summed E-state index contributed by atoms with van der Waals surface area (Å²) in [5, 5.41) is 16.2. The molecule has 10 nitrogen and oxygen atoms in total. The third-order valence-electron chi connectivity index (χ3n) is 5.64. The lowest BCUT2D eigenvalue weighted by atomic mass is 9.92. The third-order valence-corrected chi connectivity index (χ3v) is 5.64. The second-order valence-electron chi connectivity index (χ2n) is 8.21. The number of rotatable bonds is 7. The molecule has 1 fully saturated rings. The first-order chi connectivity index (χ1) is 16.7. The number of hydrogen-bond donors (Lipinski definition) is 2. The van der Waals surface area contributed by atoms with Crippen molar-refractivity contribution in [2.24, 2.45) is 0 Å². The summed E-state index contributed by atoms with van der Waals surface area (Å²) in [6.07, 6.45) is 0. The molecule has 0 aromatic heterocycles. The number of carbonyl (C=O) groups excluding carboxylic acids is 3. The molecule has 35 heavy (non-hydrogen) atoms. The number of nitrogens with zero attached hydrogens (tertiary/aromatic N) is 2. The van der Waals surface area contributed by atoms with Gasteiger partial charge in [0, 0.05) is 12.1 Å². The summed E-state index contributed by atoms with van der Waals surface area (Å²) in [4.78, 5) is 49.5. The van der Waals surface area contributed by atoms with Crippen LogP contribution in [0.1, 0.15) is 18.1 Å². The first-order valence-electron chi connectivity index (χ1n) is 10.7. The highest BCUT2D eigenvalue weighted by atomic mass is 16.6. The summed E-state index contributed by atoms with van der Waals surface area (Å²) < 4.78 is 5.87. The molecule has 3 aromatic carbocycles. The van der Waals surface area contributed by atoms with E-state index in [1.54, 1.807) is 36.4 Å². The highest BCUT2D eigenvalue weighted by Gasteiger charge is 2.49. The van der Waals surface area contributed by atoms with Gasteiger partial charge in [0.25, 0.3) is 11.6 Å². The highest BCUT2D eigenvalue weighted by molar-refractivity contribution is 6.10. The van der Waals surface area contributed by atoms with Gasteiger partial charge in [-0.2, -0.15) is 0 Å². The van der Waals surface area contributed by atoms with Crippen molar-refractivity contribution in [2.75, 3.05) is 11.9 Å². The number of nitro groups is 1. The number of nitro benzene ring substituents is 1. The first-order valence-corrected chi connectivity index (χ1v) is 10.7. The van der Waals surface area contributed by atoms with Gasteiger partial charge >= 0.3 is 6.03 Å². The topological polar surface area (TPSA) is 131 Å². The largest absolute Gasteiger partial charge is 0.455 e. The fourth-order valence-electron chi connectivity index (χ4n) is 3.68. The average Bonchev–Trinajstić information content (AvgIpc) is 3.05. The molecule has 2 N–H and O–H groups in total. The van der Waals surface area contributed by atoms with E-state index in [-0.39, 0.29) is 5.69 Å². The lowest BCUT2D eigenvalue weighted by Crippen LogP contribution is -2.42. The maximum absolute atomic E-state index is 13.1. The Bertz CT molecular complexity index is 1310. The van der Waals surface area contributed by atoms with Crippen LogP contribution in [0.15, 0.2) is 72.8 Å². The quantitative estimate of drug-likeness (QED) is 0.301. The Labute approximate surface area is 200 Å². The third kappa shape index (κ3) is 4.81. The van der Waals surface area contributed by atoms with Gasteiger partial charge in [-0.05, 0) is 55.8 Å². The molecule has 1 aliphatic heterocycles. The summed E-state index contributed by atoms with van der Waals surface area (Å²) in [6, 6.07) is 18.8. The van der Waals surface area contributed by atoms with Crippen LogP contribution in [0.25, 0.3) is 0 Å². The van der Waals surface area contributed by atoms with Crippen molar-refractivity contribution >= 4 is 29.2 Å². The minimum Gasteiger partial charge on any atom is -0.455 e. The predicted octanol–water partition coefficient (Wildman–Crippen LogP) is 4.10. The molecule has 3 aromatic rings. The van der Waals surface area contributed by atoms with Gasteiger partial charge in [0.05, 0.1) is 10.6 Å². The van der Waals surface area contributed by atoms with Gasteiger partial charge in [-0.1, -0.05) is 29.8 Å². The van der Waals surface area contributed by atoms with Gasteiger partial charge < -0.3 is 15.4 Å². The fourth-order valence-corrected chi connectivity index (χ4v) is 3.68. The minimum absolute atomic E-state index is 0.142. The van der Waals surface area contributed by atoms with E-state index >= 15 is 0 Å². The number of benzene rings is 3. The molecule has 1 aliphatic rings. The van der Waals surface area contributed by atoms with E-state index in [1.165, 1.54) is 31.2 Å². The van der Waals surface area contributed by atoms with Crippen LogP contribution in [0.2, 0.25) is 0 Å². The Kier molecular flexibility index (Phi) is 6.20. The summed E-state index contributed by atoms with van der Waals surface area (Å²) in [5.74, 6) is -0.250. The van der Waals surface area contributed by atoms with Crippen molar-refractivity contribution < 1.29 is 24.0 Å². The SMILES string of the molecule is Cc1ccc(Oc2ccccc2NC(=O)CN2C(=O)NC(C)(c3ccc([N+](=O)[O-])cc3)C2=O)cc1. The number of ether oxygens (including phenoxy) is 1. The second-order valence-corrected chi connectivity index (χ2v) is 8.21. The van der Waals surface area contributed by atoms with Crippen LogP contribution in [0.4, 0.5) is 16.2 Å². The summed E-state index contributed by atoms with van der Waals surface area (Å²) in [6.45, 7) is 2.92. The fraction of sp³-hybridized carbons (Fsp3) is 0.160. The lowest BCUT2D eigenvalue weighted by molar-refractivity contribution is -0.384. The molecule has 178 valence electrons. The molecule has 1 heterocycles. The van der Waals surface area contributed by atoms with E-state index in [0.717, 1.165) is 10.5 Å². The molecule has 10 heteroatoms. The molecule has 1 unspecified atom stereocenters. The second kappa shape index (κ2) is 9.26. The summed E-state index contributed by atoms with van der Waals surface area (Å²) >= 11 is 0. The maximum atomic E-state index is 13.1. The normalized spacial score (nSPS) is 17.1. The lowest BCUT2D eigenvalue weighted by Gasteiger charge is -2.22. The number of nitrogens with one attached hydrogen (secondary N) is 2. The standard InChI is InChI=1S/C25H22N4O6/c1-16-7-13-19(14-8-16)35-21-6-4-3-5-20(21)26-22(30)15-28-23(31)25(2,27-24(28)32)17-9-11-18(12-10-17)29(33)34/h3-14H,15H2,1-2H3,(H,26,30)(H,27,32). The molecule has 0 aliphatic carbocycles. The number of aryl methyl sites for hydroxylation is 1. The molecule has 1 saturated heterocycles. The van der Waals surface area contributed by atoms with E-state index in [9.17, 15) is 24.5 Å². The number of para-hydroxylation sites is 2. The number of non-ortho nitro benzene ring substituents is 1. The molecule has 4 amide bonds. The Morgan fingerprint density at radius 2 is 1.71 bits per heavy atom. The van der Waals surface area contributed by atoms with Gasteiger partial charge in [0.1, 0.15) is 17.8 Å². The van der Waals surface area contributed by atoms with E-state index in [4.69, 9.17) is 4.74 Å². The van der Waals surface area contributed by atoms with Crippen LogP contribution in [-0.2, 0) is 15.1 Å². The van der Waals surface area contributed by atoms with Gasteiger partial charge in [-0.25, -0.2) is 4.79 Å².